The van der Waals surface area contributed by atoms with Crippen molar-refractivity contribution < 1.29 is 18.7 Å². The Hall–Kier alpha value is -2.09. The molecule has 0 spiro atoms. The van der Waals surface area contributed by atoms with E-state index in [1.807, 2.05) is 0 Å². The molecule has 126 valence electrons. The summed E-state index contributed by atoms with van der Waals surface area (Å²) in [5, 5.41) is 0. The molecule has 7 nitrogen and oxygen atoms in total. The van der Waals surface area contributed by atoms with Crippen LogP contribution < -0.4 is 4.90 Å². The van der Waals surface area contributed by atoms with Crippen molar-refractivity contribution >= 4 is 18.1 Å². The highest BCUT2D eigenvalue weighted by molar-refractivity contribution is 5.71. The third kappa shape index (κ3) is 4.44. The summed E-state index contributed by atoms with van der Waals surface area (Å²) in [7, 11) is 1.72. The molecule has 0 N–H and O–H groups in total. The molecule has 0 aliphatic carbocycles. The molecule has 8 heteroatoms. The highest BCUT2D eigenvalue weighted by Crippen LogP contribution is 2.22. The number of nitrogens with zero attached hydrogens (tertiary/aromatic N) is 4. The number of hydrogen-bond donors (Lipinski definition) is 0. The van der Waals surface area contributed by atoms with Gasteiger partial charge in [0.15, 0.2) is 6.29 Å². The van der Waals surface area contributed by atoms with Crippen molar-refractivity contribution in [1.82, 2.24) is 14.9 Å². The van der Waals surface area contributed by atoms with Gasteiger partial charge in [-0.15, -0.1) is 0 Å². The van der Waals surface area contributed by atoms with E-state index in [0.29, 0.717) is 31.7 Å². The van der Waals surface area contributed by atoms with Crippen molar-refractivity contribution in [1.29, 1.82) is 0 Å². The van der Waals surface area contributed by atoms with Crippen LogP contribution in [0.4, 0.5) is 10.2 Å². The van der Waals surface area contributed by atoms with Crippen molar-refractivity contribution in [2.24, 2.45) is 0 Å². The first-order chi connectivity index (χ1) is 11.0. The predicted octanol–water partition coefficient (Wildman–Crippen LogP) is 0.701. The second-order valence-electron chi connectivity index (χ2n) is 5.46. The van der Waals surface area contributed by atoms with Crippen LogP contribution in [-0.2, 0) is 9.53 Å². The zero-order valence-corrected chi connectivity index (χ0v) is 13.3. The van der Waals surface area contributed by atoms with E-state index in [4.69, 9.17) is 4.74 Å². The third-order valence-electron chi connectivity index (χ3n) is 3.86. The van der Waals surface area contributed by atoms with Crippen LogP contribution in [0.3, 0.4) is 0 Å². The van der Waals surface area contributed by atoms with Gasteiger partial charge in [-0.25, -0.2) is 14.4 Å². The number of carbonyl (C=O) groups is 2. The van der Waals surface area contributed by atoms with Gasteiger partial charge in [-0.05, 0) is 20.4 Å². The molecule has 23 heavy (non-hydrogen) atoms. The van der Waals surface area contributed by atoms with Crippen LogP contribution in [0.15, 0.2) is 12.4 Å². The molecule has 0 bridgehead atoms. The van der Waals surface area contributed by atoms with Crippen LogP contribution in [-0.4, -0.2) is 72.6 Å². The number of piperidine rings is 1. The topological polar surface area (TPSA) is 75.6 Å². The molecule has 0 amide bonds. The summed E-state index contributed by atoms with van der Waals surface area (Å²) in [4.78, 5) is 33.6. The standard InChI is InChI=1S/C15H21FN4O3/c1-3-23-15(22)9-19(2)13-4-5-20(8-12(13)16)14-7-17-11(10-21)6-18-14/h6-7,10,12-13H,3-5,8-9H2,1-2H3/t12-,13+/m0/s1. The van der Waals surface area contributed by atoms with Crippen LogP contribution in [0.2, 0.25) is 0 Å². The lowest BCUT2D eigenvalue weighted by molar-refractivity contribution is -0.145. The summed E-state index contributed by atoms with van der Waals surface area (Å²) in [5.41, 5.74) is 0.245. The van der Waals surface area contributed by atoms with Gasteiger partial charge in [-0.1, -0.05) is 0 Å². The molecule has 0 aromatic carbocycles. The predicted molar refractivity (Wildman–Crippen MR) is 82.2 cm³/mol. The number of halogens is 1. The number of aldehydes is 1. The van der Waals surface area contributed by atoms with Crippen molar-refractivity contribution in [3.05, 3.63) is 18.1 Å². The first-order valence-corrected chi connectivity index (χ1v) is 7.57. The van der Waals surface area contributed by atoms with Gasteiger partial charge in [0.05, 0.1) is 32.1 Å². The fourth-order valence-corrected chi connectivity index (χ4v) is 2.68. The quantitative estimate of drug-likeness (QED) is 0.563. The highest BCUT2D eigenvalue weighted by Gasteiger charge is 2.33. The van der Waals surface area contributed by atoms with Gasteiger partial charge in [-0.3, -0.25) is 14.5 Å². The summed E-state index contributed by atoms with van der Waals surface area (Å²) in [6.45, 7) is 2.91. The normalized spacial score (nSPS) is 21.3. The summed E-state index contributed by atoms with van der Waals surface area (Å²) in [6, 6.07) is -0.335. The van der Waals surface area contributed by atoms with Crippen molar-refractivity contribution in [3.8, 4) is 0 Å². The average Bonchev–Trinajstić information content (AvgIpc) is 2.54. The number of rotatable bonds is 6. The number of anilines is 1. The fourth-order valence-electron chi connectivity index (χ4n) is 2.68. The molecular formula is C15H21FN4O3. The minimum Gasteiger partial charge on any atom is -0.465 e. The molecule has 1 aromatic rings. The third-order valence-corrected chi connectivity index (χ3v) is 3.86. The molecule has 1 aliphatic rings. The number of alkyl halides is 1. The Kier molecular flexibility index (Phi) is 5.97. The Bertz CT molecular complexity index is 540. The number of ether oxygens (including phenoxy) is 1. The maximum Gasteiger partial charge on any atom is 0.320 e. The molecule has 0 radical (unpaired) electrons. The summed E-state index contributed by atoms with van der Waals surface area (Å²) < 4.78 is 19.4. The van der Waals surface area contributed by atoms with Gasteiger partial charge >= 0.3 is 5.97 Å². The smallest absolute Gasteiger partial charge is 0.320 e. The maximum absolute atomic E-state index is 14.5. The molecule has 1 saturated heterocycles. The molecule has 2 atom stereocenters. The van der Waals surface area contributed by atoms with E-state index in [-0.39, 0.29) is 30.8 Å². The molecular weight excluding hydrogens is 303 g/mol. The van der Waals surface area contributed by atoms with Crippen LogP contribution >= 0.6 is 0 Å². The van der Waals surface area contributed by atoms with E-state index in [9.17, 15) is 14.0 Å². The monoisotopic (exact) mass is 324 g/mol. The van der Waals surface area contributed by atoms with Gasteiger partial charge in [0, 0.05) is 12.6 Å². The fraction of sp³-hybridized carbons (Fsp3) is 0.600. The number of carbonyl (C=O) groups excluding carboxylic acids is 2. The lowest BCUT2D eigenvalue weighted by Crippen LogP contribution is -2.52. The van der Waals surface area contributed by atoms with Gasteiger partial charge in [0.2, 0.25) is 0 Å². The molecule has 0 unspecified atom stereocenters. The van der Waals surface area contributed by atoms with Crippen LogP contribution in [0.1, 0.15) is 23.8 Å². The number of esters is 1. The second-order valence-corrected chi connectivity index (χ2v) is 5.46. The lowest BCUT2D eigenvalue weighted by Gasteiger charge is -2.39. The Balaban J connectivity index is 1.93. The SMILES string of the molecule is CCOC(=O)CN(C)[C@@H]1CCN(c2cnc(C=O)cn2)C[C@@H]1F. The van der Waals surface area contributed by atoms with Crippen LogP contribution in [0.5, 0.6) is 0 Å². The Morgan fingerprint density at radius 3 is 2.87 bits per heavy atom. The van der Waals surface area contributed by atoms with E-state index in [0.717, 1.165) is 0 Å². The Labute approximate surface area is 134 Å². The highest BCUT2D eigenvalue weighted by atomic mass is 19.1. The first kappa shape index (κ1) is 17.3. The molecule has 0 saturated carbocycles. The molecule has 1 aromatic heterocycles. The van der Waals surface area contributed by atoms with E-state index >= 15 is 0 Å². The van der Waals surface area contributed by atoms with E-state index in [2.05, 4.69) is 9.97 Å². The summed E-state index contributed by atoms with van der Waals surface area (Å²) in [6.07, 6.45) is 2.91. The maximum atomic E-state index is 14.5. The van der Waals surface area contributed by atoms with E-state index in [1.54, 1.807) is 23.8 Å². The van der Waals surface area contributed by atoms with Gasteiger partial charge in [0.1, 0.15) is 17.7 Å². The summed E-state index contributed by atoms with van der Waals surface area (Å²) >= 11 is 0. The van der Waals surface area contributed by atoms with E-state index in [1.165, 1.54) is 12.4 Å². The molecule has 2 heterocycles. The minimum atomic E-state index is -1.12. The summed E-state index contributed by atoms with van der Waals surface area (Å²) in [5.74, 6) is 0.199. The zero-order valence-electron chi connectivity index (χ0n) is 13.3. The van der Waals surface area contributed by atoms with Crippen LogP contribution in [0.25, 0.3) is 0 Å². The first-order valence-electron chi connectivity index (χ1n) is 7.57. The molecule has 2 rings (SSSR count). The number of hydrogen-bond acceptors (Lipinski definition) is 7. The number of likely N-dealkylation sites (N-methyl/N-ethyl adjacent to an activating group) is 1. The zero-order chi connectivity index (χ0) is 16.8. The largest absolute Gasteiger partial charge is 0.465 e. The van der Waals surface area contributed by atoms with E-state index < -0.39 is 6.17 Å². The van der Waals surface area contributed by atoms with Crippen LogP contribution in [0, 0.1) is 0 Å². The second kappa shape index (κ2) is 7.96. The number of aromatic nitrogens is 2. The average molecular weight is 324 g/mol. The van der Waals surface area contributed by atoms with Crippen molar-refractivity contribution in [3.63, 3.8) is 0 Å². The van der Waals surface area contributed by atoms with Crippen molar-refractivity contribution in [2.45, 2.75) is 25.6 Å². The van der Waals surface area contributed by atoms with Gasteiger partial charge in [-0.2, -0.15) is 0 Å². The van der Waals surface area contributed by atoms with Gasteiger partial charge in [0.25, 0.3) is 0 Å². The lowest BCUT2D eigenvalue weighted by atomic mass is 10.0. The van der Waals surface area contributed by atoms with Gasteiger partial charge < -0.3 is 9.64 Å². The molecule has 1 fully saturated rings. The van der Waals surface area contributed by atoms with Crippen molar-refractivity contribution in [2.75, 3.05) is 38.2 Å². The minimum absolute atomic E-state index is 0.0762. The molecule has 1 aliphatic heterocycles. The Morgan fingerprint density at radius 2 is 2.30 bits per heavy atom. The Morgan fingerprint density at radius 1 is 1.52 bits per heavy atom.